The Kier molecular flexibility index (Phi) is 6.03. The molecule has 0 spiro atoms. The molecule has 1 heterocycles. The zero-order valence-corrected chi connectivity index (χ0v) is 10.7. The highest BCUT2D eigenvalue weighted by molar-refractivity contribution is 5.81. The van der Waals surface area contributed by atoms with Crippen molar-refractivity contribution in [3.8, 4) is 0 Å². The first-order valence-corrected chi connectivity index (χ1v) is 6.10. The first kappa shape index (κ1) is 14.9. The van der Waals surface area contributed by atoms with Gasteiger partial charge in [-0.3, -0.25) is 19.9 Å². The number of carbonyl (C=O) groups is 2. The average Bonchev–Trinajstić information content (AvgIpc) is 2.35. The number of piperidine rings is 1. The van der Waals surface area contributed by atoms with E-state index in [4.69, 9.17) is 16.3 Å². The van der Waals surface area contributed by atoms with Crippen LogP contribution in [0.3, 0.4) is 0 Å². The molecule has 7 nitrogen and oxygen atoms in total. The molecular weight excluding hydrogens is 236 g/mol. The first-order valence-electron chi connectivity index (χ1n) is 6.10. The van der Waals surface area contributed by atoms with Gasteiger partial charge in [0, 0.05) is 13.5 Å². The number of hydrogen-bond donors (Lipinski definition) is 3. The molecule has 5 N–H and O–H groups in total. The molecule has 0 aromatic rings. The summed E-state index contributed by atoms with van der Waals surface area (Å²) < 4.78 is 5.04. The number of nitrogens with two attached hydrogens (primary N) is 2. The van der Waals surface area contributed by atoms with E-state index in [9.17, 15) is 9.59 Å². The average molecular weight is 258 g/mol. The number of primary amides is 1. The molecule has 1 saturated heterocycles. The Hall–Kier alpha value is -1.18. The van der Waals surface area contributed by atoms with Gasteiger partial charge in [-0.05, 0) is 31.8 Å². The molecule has 1 unspecified atom stereocenters. The van der Waals surface area contributed by atoms with Crippen molar-refractivity contribution in [2.45, 2.75) is 25.3 Å². The summed E-state index contributed by atoms with van der Waals surface area (Å²) in [5.74, 6) is 4.97. The van der Waals surface area contributed by atoms with Crippen molar-refractivity contribution in [1.29, 1.82) is 0 Å². The van der Waals surface area contributed by atoms with Crippen molar-refractivity contribution < 1.29 is 14.3 Å². The lowest BCUT2D eigenvalue weighted by Crippen LogP contribution is -2.53. The fourth-order valence-corrected chi connectivity index (χ4v) is 2.35. The van der Waals surface area contributed by atoms with Crippen LogP contribution in [0, 0.1) is 5.92 Å². The van der Waals surface area contributed by atoms with Crippen LogP contribution in [0.25, 0.3) is 0 Å². The number of methoxy groups -OCH3 is 1. The second kappa shape index (κ2) is 7.30. The van der Waals surface area contributed by atoms with Crippen LogP contribution in [-0.4, -0.2) is 49.6 Å². The number of hydrazine groups is 1. The number of rotatable bonds is 6. The van der Waals surface area contributed by atoms with E-state index >= 15 is 0 Å². The summed E-state index contributed by atoms with van der Waals surface area (Å²) in [4.78, 5) is 24.5. The number of hydrogen-bond acceptors (Lipinski definition) is 5. The molecule has 104 valence electrons. The van der Waals surface area contributed by atoms with Crippen molar-refractivity contribution >= 4 is 11.8 Å². The van der Waals surface area contributed by atoms with E-state index < -0.39 is 0 Å². The number of ether oxygens (including phenoxy) is 1. The molecule has 0 aromatic heterocycles. The minimum absolute atomic E-state index is 0.245. The molecule has 7 heteroatoms. The third-order valence-corrected chi connectivity index (χ3v) is 3.35. The molecule has 0 saturated carbocycles. The van der Waals surface area contributed by atoms with Gasteiger partial charge in [-0.1, -0.05) is 0 Å². The Morgan fingerprint density at radius 1 is 1.44 bits per heavy atom. The molecule has 18 heavy (non-hydrogen) atoms. The maximum absolute atomic E-state index is 11.6. The molecule has 2 amide bonds. The lowest BCUT2D eigenvalue weighted by Gasteiger charge is -2.35. The maximum Gasteiger partial charge on any atom is 0.253 e. The summed E-state index contributed by atoms with van der Waals surface area (Å²) in [6, 6.07) is -0.366. The lowest BCUT2D eigenvalue weighted by molar-refractivity contribution is -0.129. The summed E-state index contributed by atoms with van der Waals surface area (Å²) in [6.07, 6.45) is 2.15. The van der Waals surface area contributed by atoms with E-state index in [1.54, 1.807) is 7.11 Å². The summed E-state index contributed by atoms with van der Waals surface area (Å²) in [5.41, 5.74) is 7.34. The van der Waals surface area contributed by atoms with Crippen LogP contribution >= 0.6 is 0 Å². The largest absolute Gasteiger partial charge is 0.383 e. The van der Waals surface area contributed by atoms with Gasteiger partial charge in [-0.2, -0.15) is 0 Å². The van der Waals surface area contributed by atoms with Gasteiger partial charge in [0.2, 0.25) is 5.91 Å². The van der Waals surface area contributed by atoms with E-state index in [1.165, 1.54) is 0 Å². The highest BCUT2D eigenvalue weighted by atomic mass is 16.5. The van der Waals surface area contributed by atoms with Crippen LogP contribution < -0.4 is 17.0 Å². The monoisotopic (exact) mass is 258 g/mol. The maximum atomic E-state index is 11.6. The van der Waals surface area contributed by atoms with Gasteiger partial charge in [0.1, 0.15) is 6.04 Å². The van der Waals surface area contributed by atoms with Gasteiger partial charge in [0.15, 0.2) is 0 Å². The van der Waals surface area contributed by atoms with Gasteiger partial charge in [-0.25, -0.2) is 5.84 Å². The van der Waals surface area contributed by atoms with E-state index in [0.29, 0.717) is 18.9 Å². The van der Waals surface area contributed by atoms with Gasteiger partial charge in [0.25, 0.3) is 5.91 Å². The Labute approximate surface area is 107 Å². The van der Waals surface area contributed by atoms with Crippen molar-refractivity contribution in [2.75, 3.05) is 26.8 Å². The molecule has 0 bridgehead atoms. The van der Waals surface area contributed by atoms with Crippen LogP contribution in [0.15, 0.2) is 0 Å². The highest BCUT2D eigenvalue weighted by Gasteiger charge is 2.29. The van der Waals surface area contributed by atoms with Crippen molar-refractivity contribution in [2.24, 2.45) is 17.5 Å². The van der Waals surface area contributed by atoms with Gasteiger partial charge >= 0.3 is 0 Å². The second-order valence-electron chi connectivity index (χ2n) is 4.63. The molecule has 1 rings (SSSR count). The quantitative estimate of drug-likeness (QED) is 0.307. The Bertz CT molecular complexity index is 290. The van der Waals surface area contributed by atoms with Gasteiger partial charge in [0.05, 0.1) is 6.61 Å². The number of likely N-dealkylation sites (tertiary alicyclic amines) is 1. The normalized spacial score (nSPS) is 19.4. The number of nitrogens with zero attached hydrogens (tertiary/aromatic N) is 1. The van der Waals surface area contributed by atoms with Crippen LogP contribution in [0.2, 0.25) is 0 Å². The predicted molar refractivity (Wildman–Crippen MR) is 66.1 cm³/mol. The SMILES string of the molecule is COCC(C(=O)NN)N1CCC(CC(N)=O)CC1. The van der Waals surface area contributed by atoms with E-state index in [-0.39, 0.29) is 17.9 Å². The molecule has 1 aliphatic rings. The Morgan fingerprint density at radius 2 is 2.06 bits per heavy atom. The van der Waals surface area contributed by atoms with E-state index in [1.807, 2.05) is 4.90 Å². The molecule has 0 radical (unpaired) electrons. The van der Waals surface area contributed by atoms with Crippen LogP contribution in [-0.2, 0) is 14.3 Å². The van der Waals surface area contributed by atoms with Gasteiger partial charge in [-0.15, -0.1) is 0 Å². The molecule has 1 atom stereocenters. The fraction of sp³-hybridized carbons (Fsp3) is 0.818. The van der Waals surface area contributed by atoms with E-state index in [2.05, 4.69) is 5.43 Å². The van der Waals surface area contributed by atoms with E-state index in [0.717, 1.165) is 25.9 Å². The summed E-state index contributed by atoms with van der Waals surface area (Å²) in [6.45, 7) is 1.81. The Morgan fingerprint density at radius 3 is 2.50 bits per heavy atom. The zero-order valence-electron chi connectivity index (χ0n) is 10.7. The van der Waals surface area contributed by atoms with Crippen LogP contribution in [0.4, 0.5) is 0 Å². The summed E-state index contributed by atoms with van der Waals surface area (Å²) >= 11 is 0. The smallest absolute Gasteiger partial charge is 0.253 e. The summed E-state index contributed by atoms with van der Waals surface area (Å²) in [7, 11) is 1.55. The van der Waals surface area contributed by atoms with Crippen LogP contribution in [0.5, 0.6) is 0 Å². The minimum atomic E-state index is -0.366. The Balaban J connectivity index is 2.48. The van der Waals surface area contributed by atoms with Gasteiger partial charge < -0.3 is 10.5 Å². The first-order chi connectivity index (χ1) is 8.58. The number of carbonyl (C=O) groups excluding carboxylic acids is 2. The number of amides is 2. The zero-order chi connectivity index (χ0) is 13.5. The molecule has 0 aliphatic carbocycles. The molecule has 1 fully saturated rings. The third kappa shape index (κ3) is 4.25. The second-order valence-corrected chi connectivity index (χ2v) is 4.63. The minimum Gasteiger partial charge on any atom is -0.383 e. The predicted octanol–water partition coefficient (Wildman–Crippen LogP) is -1.42. The van der Waals surface area contributed by atoms with Crippen molar-refractivity contribution in [3.05, 3.63) is 0 Å². The van der Waals surface area contributed by atoms with Crippen LogP contribution in [0.1, 0.15) is 19.3 Å². The standard InChI is InChI=1S/C11H22N4O3/c1-18-7-9(11(17)14-13)15-4-2-8(3-5-15)6-10(12)16/h8-9H,2-7,13H2,1H3,(H2,12,16)(H,14,17). The number of nitrogens with one attached hydrogen (secondary N) is 1. The van der Waals surface area contributed by atoms with Crippen molar-refractivity contribution in [1.82, 2.24) is 10.3 Å². The van der Waals surface area contributed by atoms with Crippen molar-refractivity contribution in [3.63, 3.8) is 0 Å². The fourth-order valence-electron chi connectivity index (χ4n) is 2.35. The molecular formula is C11H22N4O3. The third-order valence-electron chi connectivity index (χ3n) is 3.35. The highest BCUT2D eigenvalue weighted by Crippen LogP contribution is 2.21. The topological polar surface area (TPSA) is 111 Å². The lowest BCUT2D eigenvalue weighted by atomic mass is 9.92. The molecule has 0 aromatic carbocycles. The summed E-state index contributed by atoms with van der Waals surface area (Å²) in [5, 5.41) is 0. The molecule has 1 aliphatic heterocycles.